The van der Waals surface area contributed by atoms with Crippen LogP contribution < -0.4 is 10.6 Å². The molecule has 0 heterocycles. The number of alkyl carbamates (subject to hydrolysis) is 2. The lowest BCUT2D eigenvalue weighted by molar-refractivity contribution is -0.149. The third-order valence-corrected chi connectivity index (χ3v) is 1.60. The van der Waals surface area contributed by atoms with Gasteiger partial charge in [-0.05, 0) is 0 Å². The summed E-state index contributed by atoms with van der Waals surface area (Å²) in [5.74, 6) is -0.603. The van der Waals surface area contributed by atoms with Gasteiger partial charge >= 0.3 is 18.2 Å². The number of rotatable bonds is 7. The van der Waals surface area contributed by atoms with Crippen molar-refractivity contribution in [2.24, 2.45) is 0 Å². The SMILES string of the molecule is CC(=O)OCOC(=O)NCNC(=O)OC(CO)CO. The molecule has 0 fully saturated rings. The zero-order valence-corrected chi connectivity index (χ0v) is 10.2. The summed E-state index contributed by atoms with van der Waals surface area (Å²) in [4.78, 5) is 32.3. The van der Waals surface area contributed by atoms with Gasteiger partial charge in [0.25, 0.3) is 0 Å². The second kappa shape index (κ2) is 9.91. The van der Waals surface area contributed by atoms with E-state index < -0.39 is 44.3 Å². The van der Waals surface area contributed by atoms with Gasteiger partial charge in [0.05, 0.1) is 19.9 Å². The highest BCUT2D eigenvalue weighted by molar-refractivity contribution is 5.70. The van der Waals surface area contributed by atoms with Gasteiger partial charge in [-0.25, -0.2) is 9.59 Å². The maximum atomic E-state index is 11.0. The summed E-state index contributed by atoms with van der Waals surface area (Å²) in [5, 5.41) is 21.5. The first-order valence-corrected chi connectivity index (χ1v) is 5.19. The standard InChI is InChI=1S/C9H16N2O8/c1-6(14)17-5-18-8(15)10-4-11-9(16)19-7(2-12)3-13/h7,12-13H,2-5H2,1H3,(H,10,15)(H,11,16). The maximum Gasteiger partial charge on any atom is 0.411 e. The van der Waals surface area contributed by atoms with Gasteiger partial charge in [-0.1, -0.05) is 0 Å². The predicted molar refractivity (Wildman–Crippen MR) is 58.7 cm³/mol. The van der Waals surface area contributed by atoms with Gasteiger partial charge < -0.3 is 35.1 Å². The molecule has 10 heteroatoms. The lowest BCUT2D eigenvalue weighted by Gasteiger charge is -2.13. The fraction of sp³-hybridized carbons (Fsp3) is 0.667. The van der Waals surface area contributed by atoms with Crippen molar-refractivity contribution in [3.05, 3.63) is 0 Å². The zero-order chi connectivity index (χ0) is 14.7. The van der Waals surface area contributed by atoms with E-state index in [0.29, 0.717) is 0 Å². The van der Waals surface area contributed by atoms with Crippen molar-refractivity contribution in [2.75, 3.05) is 26.7 Å². The molecule has 0 aromatic rings. The lowest BCUT2D eigenvalue weighted by atomic mass is 10.4. The number of aliphatic hydroxyl groups excluding tert-OH is 2. The summed E-state index contributed by atoms with van der Waals surface area (Å²) in [6.45, 7) is -0.745. The van der Waals surface area contributed by atoms with E-state index >= 15 is 0 Å². The van der Waals surface area contributed by atoms with Crippen LogP contribution in [0.1, 0.15) is 6.92 Å². The van der Waals surface area contributed by atoms with Crippen molar-refractivity contribution in [3.63, 3.8) is 0 Å². The largest absolute Gasteiger partial charge is 0.441 e. The van der Waals surface area contributed by atoms with Gasteiger partial charge in [-0.2, -0.15) is 0 Å². The van der Waals surface area contributed by atoms with Crippen molar-refractivity contribution >= 4 is 18.2 Å². The second-order valence-electron chi connectivity index (χ2n) is 3.11. The Labute approximate surface area is 108 Å². The van der Waals surface area contributed by atoms with E-state index in [2.05, 4.69) is 24.8 Å². The van der Waals surface area contributed by atoms with Crippen molar-refractivity contribution < 1.29 is 38.8 Å². The first kappa shape index (κ1) is 16.9. The average Bonchev–Trinajstić information content (AvgIpc) is 2.35. The van der Waals surface area contributed by atoms with E-state index in [-0.39, 0.29) is 6.67 Å². The lowest BCUT2D eigenvalue weighted by Crippen LogP contribution is -2.40. The molecule has 4 N–H and O–H groups in total. The molecule has 0 aromatic heterocycles. The molecule has 0 radical (unpaired) electrons. The quantitative estimate of drug-likeness (QED) is 0.318. The Morgan fingerprint density at radius 2 is 1.63 bits per heavy atom. The summed E-state index contributed by atoms with van der Waals surface area (Å²) >= 11 is 0. The molecule has 110 valence electrons. The Bertz CT molecular complexity index is 305. The summed E-state index contributed by atoms with van der Waals surface area (Å²) in [7, 11) is 0. The smallest absolute Gasteiger partial charge is 0.411 e. The van der Waals surface area contributed by atoms with Crippen LogP contribution in [0.3, 0.4) is 0 Å². The van der Waals surface area contributed by atoms with Crippen LogP contribution in [-0.4, -0.2) is 61.1 Å². The monoisotopic (exact) mass is 280 g/mol. The van der Waals surface area contributed by atoms with Gasteiger partial charge in [0.1, 0.15) is 6.10 Å². The molecule has 10 nitrogen and oxygen atoms in total. The third-order valence-electron chi connectivity index (χ3n) is 1.60. The maximum absolute atomic E-state index is 11.0. The van der Waals surface area contributed by atoms with Crippen molar-refractivity contribution in [1.29, 1.82) is 0 Å². The molecule has 0 unspecified atom stereocenters. The molecule has 0 atom stereocenters. The molecule has 19 heavy (non-hydrogen) atoms. The molecule has 0 aliphatic carbocycles. The summed E-state index contributed by atoms with van der Waals surface area (Å²) in [6, 6.07) is 0. The Morgan fingerprint density at radius 3 is 2.16 bits per heavy atom. The fourth-order valence-corrected chi connectivity index (χ4v) is 0.731. The highest BCUT2D eigenvalue weighted by Gasteiger charge is 2.12. The topological polar surface area (TPSA) is 143 Å². The number of hydrogen-bond donors (Lipinski definition) is 4. The van der Waals surface area contributed by atoms with Gasteiger partial charge in [0, 0.05) is 6.92 Å². The molecular formula is C9H16N2O8. The number of hydrogen-bond acceptors (Lipinski definition) is 8. The molecule has 0 spiro atoms. The Morgan fingerprint density at radius 1 is 1.05 bits per heavy atom. The minimum absolute atomic E-state index is 0.304. The van der Waals surface area contributed by atoms with Gasteiger partial charge in [0.15, 0.2) is 0 Å². The van der Waals surface area contributed by atoms with Crippen LogP contribution in [0.25, 0.3) is 0 Å². The molecule has 0 bridgehead atoms. The minimum atomic E-state index is -1.03. The van der Waals surface area contributed by atoms with E-state index in [9.17, 15) is 14.4 Å². The molecule has 0 aliphatic rings. The van der Waals surface area contributed by atoms with Crippen molar-refractivity contribution in [1.82, 2.24) is 10.6 Å². The number of amides is 2. The number of esters is 1. The third kappa shape index (κ3) is 9.62. The number of nitrogens with one attached hydrogen (secondary N) is 2. The molecule has 0 saturated carbocycles. The average molecular weight is 280 g/mol. The molecule has 0 aromatic carbocycles. The molecule has 0 aliphatic heterocycles. The summed E-state index contributed by atoms with van der Waals surface area (Å²) in [5.41, 5.74) is 0. The Kier molecular flexibility index (Phi) is 8.83. The Hall–Kier alpha value is -2.07. The molecular weight excluding hydrogens is 264 g/mol. The first-order chi connectivity index (χ1) is 8.99. The highest BCUT2D eigenvalue weighted by Crippen LogP contribution is 1.89. The van der Waals surface area contributed by atoms with Crippen molar-refractivity contribution in [3.8, 4) is 0 Å². The number of carbonyl (C=O) groups is 3. The molecule has 2 amide bonds. The van der Waals surface area contributed by atoms with Crippen LogP contribution >= 0.6 is 0 Å². The van der Waals surface area contributed by atoms with E-state index in [0.717, 1.165) is 6.92 Å². The van der Waals surface area contributed by atoms with Crippen LogP contribution in [0.4, 0.5) is 9.59 Å². The van der Waals surface area contributed by atoms with E-state index in [1.54, 1.807) is 0 Å². The summed E-state index contributed by atoms with van der Waals surface area (Å²) < 4.78 is 13.3. The fourth-order valence-electron chi connectivity index (χ4n) is 0.731. The number of carbonyl (C=O) groups excluding carboxylic acids is 3. The van der Waals surface area contributed by atoms with Gasteiger partial charge in [-0.15, -0.1) is 0 Å². The zero-order valence-electron chi connectivity index (χ0n) is 10.2. The van der Waals surface area contributed by atoms with Crippen LogP contribution in [0.15, 0.2) is 0 Å². The van der Waals surface area contributed by atoms with E-state index in [1.165, 1.54) is 0 Å². The van der Waals surface area contributed by atoms with Crippen LogP contribution in [-0.2, 0) is 19.0 Å². The summed E-state index contributed by atoms with van der Waals surface area (Å²) in [6.07, 6.45) is -2.88. The first-order valence-electron chi connectivity index (χ1n) is 5.19. The van der Waals surface area contributed by atoms with Crippen LogP contribution in [0, 0.1) is 0 Å². The predicted octanol–water partition coefficient (Wildman–Crippen LogP) is -1.73. The number of aliphatic hydroxyl groups is 2. The highest BCUT2D eigenvalue weighted by atomic mass is 16.7. The second-order valence-corrected chi connectivity index (χ2v) is 3.11. The normalized spacial score (nSPS) is 9.68. The Balaban J connectivity index is 3.63. The minimum Gasteiger partial charge on any atom is -0.441 e. The van der Waals surface area contributed by atoms with E-state index in [4.69, 9.17) is 10.2 Å². The molecule has 0 saturated heterocycles. The van der Waals surface area contributed by atoms with Gasteiger partial charge in [-0.3, -0.25) is 4.79 Å². The van der Waals surface area contributed by atoms with Crippen molar-refractivity contribution in [2.45, 2.75) is 13.0 Å². The van der Waals surface area contributed by atoms with E-state index in [1.807, 2.05) is 0 Å². The molecule has 0 rings (SSSR count). The number of ether oxygens (including phenoxy) is 3. The van der Waals surface area contributed by atoms with Crippen LogP contribution in [0.2, 0.25) is 0 Å². The van der Waals surface area contributed by atoms with Crippen LogP contribution in [0.5, 0.6) is 0 Å². The van der Waals surface area contributed by atoms with Gasteiger partial charge in [0.2, 0.25) is 6.79 Å².